The maximum atomic E-state index is 5.06. The molecular weight excluding hydrogens is 414 g/mol. The highest BCUT2D eigenvalue weighted by Gasteiger charge is 2.44. The first-order valence-corrected chi connectivity index (χ1v) is 11.6. The first-order chi connectivity index (χ1) is 16.0. The third kappa shape index (κ3) is 3.56. The number of nitrogens with zero attached hydrogens (tertiary/aromatic N) is 9. The molecule has 33 heavy (non-hydrogen) atoms. The number of benzene rings is 1. The first-order valence-electron chi connectivity index (χ1n) is 11.6. The van der Waals surface area contributed by atoms with Gasteiger partial charge in [0.2, 0.25) is 5.95 Å². The van der Waals surface area contributed by atoms with E-state index in [0.717, 1.165) is 73.0 Å². The lowest BCUT2D eigenvalue weighted by Crippen LogP contribution is -2.45. The number of anilines is 1. The summed E-state index contributed by atoms with van der Waals surface area (Å²) in [6.45, 7) is 7.75. The van der Waals surface area contributed by atoms with Crippen LogP contribution in [0.4, 0.5) is 5.95 Å². The number of rotatable bonds is 4. The van der Waals surface area contributed by atoms with Crippen molar-refractivity contribution in [2.24, 2.45) is 7.05 Å². The van der Waals surface area contributed by atoms with Gasteiger partial charge in [0.25, 0.3) is 0 Å². The van der Waals surface area contributed by atoms with Crippen LogP contribution in [0.1, 0.15) is 41.4 Å². The average molecular weight is 444 g/mol. The van der Waals surface area contributed by atoms with E-state index in [4.69, 9.17) is 15.0 Å². The highest BCUT2D eigenvalue weighted by Crippen LogP contribution is 2.54. The number of fused-ring (bicyclic) bond motifs is 1. The van der Waals surface area contributed by atoms with Gasteiger partial charge < -0.3 is 14.4 Å². The van der Waals surface area contributed by atoms with E-state index in [1.807, 2.05) is 24.6 Å². The number of aryl methyl sites for hydroxylation is 3. The third-order valence-electron chi connectivity index (χ3n) is 6.92. The van der Waals surface area contributed by atoms with Crippen molar-refractivity contribution in [1.82, 2.24) is 39.2 Å². The van der Waals surface area contributed by atoms with E-state index in [2.05, 4.69) is 62.8 Å². The van der Waals surface area contributed by atoms with Crippen molar-refractivity contribution in [1.29, 1.82) is 0 Å². The molecule has 1 aromatic carbocycles. The van der Waals surface area contributed by atoms with Gasteiger partial charge in [0, 0.05) is 51.1 Å². The number of likely N-dealkylation sites (N-methyl/N-ethyl adjacent to an activating group) is 1. The minimum Gasteiger partial charge on any atom is -0.338 e. The maximum absolute atomic E-state index is 5.06. The van der Waals surface area contributed by atoms with Crippen molar-refractivity contribution in [3.63, 3.8) is 0 Å². The lowest BCUT2D eigenvalue weighted by Gasteiger charge is -2.32. The van der Waals surface area contributed by atoms with Gasteiger partial charge in [-0.25, -0.2) is 15.0 Å². The van der Waals surface area contributed by atoms with Crippen molar-refractivity contribution in [2.45, 2.75) is 32.1 Å². The molecule has 0 spiro atoms. The Morgan fingerprint density at radius 3 is 2.39 bits per heavy atom. The van der Waals surface area contributed by atoms with Gasteiger partial charge >= 0.3 is 0 Å². The predicted molar refractivity (Wildman–Crippen MR) is 127 cm³/mol. The van der Waals surface area contributed by atoms with Gasteiger partial charge in [-0.2, -0.15) is 9.67 Å². The fourth-order valence-corrected chi connectivity index (χ4v) is 4.93. The van der Waals surface area contributed by atoms with Crippen LogP contribution in [0.5, 0.6) is 0 Å². The summed E-state index contributed by atoms with van der Waals surface area (Å²) in [5.74, 6) is 5.00. The Morgan fingerprint density at radius 1 is 0.879 bits per heavy atom. The Morgan fingerprint density at radius 2 is 1.67 bits per heavy atom. The zero-order valence-corrected chi connectivity index (χ0v) is 19.6. The van der Waals surface area contributed by atoms with E-state index in [-0.39, 0.29) is 0 Å². The van der Waals surface area contributed by atoms with E-state index in [1.54, 1.807) is 0 Å². The maximum Gasteiger partial charge on any atom is 0.227 e. The fourth-order valence-electron chi connectivity index (χ4n) is 4.93. The molecule has 2 fully saturated rings. The molecule has 2 aliphatic rings. The minimum atomic E-state index is 0.332. The molecule has 2 atom stereocenters. The average Bonchev–Trinajstić information content (AvgIpc) is 3.44. The van der Waals surface area contributed by atoms with Crippen LogP contribution < -0.4 is 4.90 Å². The number of piperazine rings is 1. The van der Waals surface area contributed by atoms with Gasteiger partial charge in [-0.05, 0) is 39.4 Å². The van der Waals surface area contributed by atoms with E-state index in [9.17, 15) is 0 Å². The van der Waals surface area contributed by atoms with Gasteiger partial charge in [-0.1, -0.05) is 12.1 Å². The second-order valence-electron chi connectivity index (χ2n) is 9.33. The molecular formula is C24H29N9. The smallest absolute Gasteiger partial charge is 0.227 e. The van der Waals surface area contributed by atoms with Gasteiger partial charge in [0.1, 0.15) is 17.5 Å². The summed E-state index contributed by atoms with van der Waals surface area (Å²) in [5.41, 5.74) is 3.29. The molecule has 9 nitrogen and oxygen atoms in total. The van der Waals surface area contributed by atoms with Gasteiger partial charge in [0.15, 0.2) is 5.82 Å². The zero-order chi connectivity index (χ0) is 22.7. The molecule has 1 saturated carbocycles. The van der Waals surface area contributed by atoms with Crippen LogP contribution in [0.15, 0.2) is 30.3 Å². The molecule has 0 bridgehead atoms. The molecule has 3 aromatic heterocycles. The molecule has 4 heterocycles. The normalized spacial score (nSPS) is 21.2. The number of aromatic nitrogens is 7. The van der Waals surface area contributed by atoms with E-state index < -0.39 is 0 Å². The number of para-hydroxylation sites is 2. The number of imidazole rings is 1. The summed E-state index contributed by atoms with van der Waals surface area (Å²) in [6.07, 6.45) is 1.05. The topological polar surface area (TPSA) is 80.8 Å². The summed E-state index contributed by atoms with van der Waals surface area (Å²) < 4.78 is 4.07. The fraction of sp³-hybridized carbons (Fsp3) is 0.458. The minimum absolute atomic E-state index is 0.332. The summed E-state index contributed by atoms with van der Waals surface area (Å²) in [5, 5.41) is 4.59. The van der Waals surface area contributed by atoms with E-state index in [0.29, 0.717) is 11.8 Å². The highest BCUT2D eigenvalue weighted by molar-refractivity contribution is 5.76. The summed E-state index contributed by atoms with van der Waals surface area (Å²) in [7, 11) is 4.27. The first kappa shape index (κ1) is 20.3. The molecule has 0 amide bonds. The van der Waals surface area contributed by atoms with Gasteiger partial charge in [-0.15, -0.1) is 5.10 Å². The van der Waals surface area contributed by atoms with Crippen LogP contribution in [0.25, 0.3) is 16.9 Å². The molecule has 1 aliphatic heterocycles. The molecule has 4 aromatic rings. The Bertz CT molecular complexity index is 1330. The van der Waals surface area contributed by atoms with Crippen LogP contribution >= 0.6 is 0 Å². The van der Waals surface area contributed by atoms with Crippen molar-refractivity contribution < 1.29 is 0 Å². The third-order valence-corrected chi connectivity index (χ3v) is 6.92. The SMILES string of the molecule is Cc1nc(C)n(-c2cc(C3C[C@@H]3c3nc4ccccc4n3C)nc(N3CCN(C)CC3)n2)n1. The molecule has 9 heteroatoms. The van der Waals surface area contributed by atoms with Crippen molar-refractivity contribution >= 4 is 17.0 Å². The molecule has 170 valence electrons. The zero-order valence-electron chi connectivity index (χ0n) is 19.6. The lowest BCUT2D eigenvalue weighted by atomic mass is 10.2. The highest BCUT2D eigenvalue weighted by atomic mass is 15.4. The molecule has 0 radical (unpaired) electrons. The van der Waals surface area contributed by atoms with Crippen LogP contribution in [0.3, 0.4) is 0 Å². The van der Waals surface area contributed by atoms with E-state index in [1.165, 1.54) is 5.52 Å². The van der Waals surface area contributed by atoms with Crippen LogP contribution in [-0.4, -0.2) is 72.4 Å². The monoisotopic (exact) mass is 443 g/mol. The second kappa shape index (κ2) is 7.62. The Hall–Kier alpha value is -3.33. The van der Waals surface area contributed by atoms with Crippen LogP contribution in [0.2, 0.25) is 0 Å². The summed E-state index contributed by atoms with van der Waals surface area (Å²) in [4.78, 5) is 24.0. The molecule has 1 aliphatic carbocycles. The van der Waals surface area contributed by atoms with Gasteiger partial charge in [-0.3, -0.25) is 0 Å². The quantitative estimate of drug-likeness (QED) is 0.480. The van der Waals surface area contributed by atoms with Crippen molar-refractivity contribution in [3.8, 4) is 5.82 Å². The van der Waals surface area contributed by atoms with Crippen molar-refractivity contribution in [2.75, 3.05) is 38.1 Å². The van der Waals surface area contributed by atoms with Crippen LogP contribution in [-0.2, 0) is 7.05 Å². The lowest BCUT2D eigenvalue weighted by molar-refractivity contribution is 0.311. The summed E-state index contributed by atoms with van der Waals surface area (Å²) in [6, 6.07) is 10.4. The standard InChI is InChI=1S/C24H29N9/c1-15-25-16(2)33(29-15)22-14-20(27-24(28-22)32-11-9-30(3)10-12-32)17-13-18(17)23-26-19-7-5-6-8-21(19)31(23)4/h5-8,14,17-18H,9-13H2,1-4H3/t17?,18-/m0/s1. The Balaban J connectivity index is 1.38. The molecule has 1 saturated heterocycles. The van der Waals surface area contributed by atoms with E-state index >= 15 is 0 Å². The van der Waals surface area contributed by atoms with Crippen LogP contribution in [0, 0.1) is 13.8 Å². The molecule has 0 N–H and O–H groups in total. The Kier molecular flexibility index (Phi) is 4.69. The number of hydrogen-bond donors (Lipinski definition) is 0. The second-order valence-corrected chi connectivity index (χ2v) is 9.33. The largest absolute Gasteiger partial charge is 0.338 e. The predicted octanol–water partition coefficient (Wildman–Crippen LogP) is 2.58. The number of hydrogen-bond acceptors (Lipinski definition) is 7. The summed E-state index contributed by atoms with van der Waals surface area (Å²) >= 11 is 0. The van der Waals surface area contributed by atoms with Crippen molar-refractivity contribution in [3.05, 3.63) is 53.5 Å². The molecule has 1 unspecified atom stereocenters. The van der Waals surface area contributed by atoms with Gasteiger partial charge in [0.05, 0.1) is 16.7 Å². The Labute approximate surface area is 193 Å². The molecule has 6 rings (SSSR count).